The molecule has 0 unspecified atom stereocenters. The topological polar surface area (TPSA) is 63.7 Å². The Morgan fingerprint density at radius 2 is 1.92 bits per heavy atom. The molecule has 0 aromatic heterocycles. The van der Waals surface area contributed by atoms with Gasteiger partial charge >= 0.3 is 6.09 Å². The van der Waals surface area contributed by atoms with Crippen molar-refractivity contribution in [3.63, 3.8) is 0 Å². The number of likely N-dealkylation sites (tertiary alicyclic amines) is 1. The second kappa shape index (κ2) is 7.23. The standard InChI is InChI=1S/C10H17NO4S.C6H10S.ClH/c1-10(2,3)15-9(12)11-5-8-4-7(11)6-16(8,13)14;1-2-6-3-5(1)4-7-6;/h7-8H,4-6H2,1-3H3;5-6H,1-4H2;1H/t7-,8-;5-,6+;/m00./s1. The summed E-state index contributed by atoms with van der Waals surface area (Å²) in [5.74, 6) is 2.71. The number of ether oxygens (including phenoxy) is 1. The normalized spacial score (nSPS) is 35.2. The highest BCUT2D eigenvalue weighted by Crippen LogP contribution is 2.43. The Morgan fingerprint density at radius 3 is 2.21 bits per heavy atom. The zero-order valence-corrected chi connectivity index (χ0v) is 17.0. The second-order valence-corrected chi connectivity index (χ2v) is 11.8. The Balaban J connectivity index is 0.000000216. The lowest BCUT2D eigenvalue weighted by atomic mass is 10.1. The SMILES string of the molecule is C1C[C@@H]2C[C@H]1CS2.CC(C)(C)OC(=O)N1C[C@@H]2C[C@H]1CS2(=O)=O.Cl. The number of hydrogen-bond acceptors (Lipinski definition) is 5. The third-order valence-electron chi connectivity index (χ3n) is 5.00. The fraction of sp³-hybridized carbons (Fsp3) is 0.938. The highest BCUT2D eigenvalue weighted by atomic mass is 35.5. The van der Waals surface area contributed by atoms with E-state index in [0.29, 0.717) is 13.0 Å². The lowest BCUT2D eigenvalue weighted by Crippen LogP contribution is -2.46. The van der Waals surface area contributed by atoms with Gasteiger partial charge < -0.3 is 9.64 Å². The molecule has 0 aromatic carbocycles. The van der Waals surface area contributed by atoms with E-state index in [9.17, 15) is 13.2 Å². The average molecular weight is 398 g/mol. The summed E-state index contributed by atoms with van der Waals surface area (Å²) in [6.07, 6.45) is 4.79. The first-order valence-corrected chi connectivity index (χ1v) is 11.2. The third kappa shape index (κ3) is 4.52. The molecular formula is C16H28ClNO4S2. The highest BCUT2D eigenvalue weighted by molar-refractivity contribution is 8.00. The summed E-state index contributed by atoms with van der Waals surface area (Å²) < 4.78 is 28.2. The summed E-state index contributed by atoms with van der Waals surface area (Å²) in [6, 6.07) is -0.176. The average Bonchev–Trinajstić information content (AvgIpc) is 3.16. The van der Waals surface area contributed by atoms with E-state index in [4.69, 9.17) is 4.74 Å². The summed E-state index contributed by atoms with van der Waals surface area (Å²) in [5, 5.41) is 0.718. The molecule has 4 bridgehead atoms. The minimum absolute atomic E-state index is 0. The van der Waals surface area contributed by atoms with Crippen molar-refractivity contribution in [2.75, 3.05) is 18.1 Å². The fourth-order valence-corrected chi connectivity index (χ4v) is 7.43. The van der Waals surface area contributed by atoms with E-state index in [-0.39, 0.29) is 29.5 Å². The van der Waals surface area contributed by atoms with Gasteiger partial charge in [-0.1, -0.05) is 0 Å². The smallest absolute Gasteiger partial charge is 0.410 e. The minimum atomic E-state index is -2.95. The van der Waals surface area contributed by atoms with Crippen LogP contribution in [0.15, 0.2) is 0 Å². The Morgan fingerprint density at radius 1 is 1.21 bits per heavy atom. The molecule has 0 spiro atoms. The van der Waals surface area contributed by atoms with Crippen molar-refractivity contribution in [2.24, 2.45) is 5.92 Å². The molecule has 0 aromatic rings. The molecule has 3 heterocycles. The van der Waals surface area contributed by atoms with Crippen LogP contribution in [0.5, 0.6) is 0 Å². The van der Waals surface area contributed by atoms with E-state index in [1.54, 1.807) is 32.1 Å². The quantitative estimate of drug-likeness (QED) is 0.628. The molecule has 24 heavy (non-hydrogen) atoms. The van der Waals surface area contributed by atoms with Gasteiger partial charge in [0.2, 0.25) is 0 Å². The van der Waals surface area contributed by atoms with Gasteiger partial charge in [0, 0.05) is 11.8 Å². The first-order valence-electron chi connectivity index (χ1n) is 8.47. The van der Waals surface area contributed by atoms with Gasteiger partial charge in [-0.2, -0.15) is 11.8 Å². The van der Waals surface area contributed by atoms with E-state index >= 15 is 0 Å². The van der Waals surface area contributed by atoms with Crippen LogP contribution in [0.1, 0.15) is 46.5 Å². The first-order chi connectivity index (χ1) is 10.6. The molecule has 1 saturated carbocycles. The monoisotopic (exact) mass is 397 g/mol. The van der Waals surface area contributed by atoms with Crippen molar-refractivity contribution in [1.29, 1.82) is 0 Å². The fourth-order valence-electron chi connectivity index (χ4n) is 3.84. The summed E-state index contributed by atoms with van der Waals surface area (Å²) in [4.78, 5) is 13.3. The van der Waals surface area contributed by atoms with Crippen LogP contribution in [0, 0.1) is 5.92 Å². The van der Waals surface area contributed by atoms with Gasteiger partial charge in [0.1, 0.15) is 5.60 Å². The van der Waals surface area contributed by atoms with Gasteiger partial charge in [0.05, 0.1) is 17.0 Å². The molecule has 140 valence electrons. The van der Waals surface area contributed by atoms with Gasteiger partial charge in [-0.15, -0.1) is 12.4 Å². The van der Waals surface area contributed by atoms with Crippen LogP contribution in [-0.4, -0.2) is 59.6 Å². The zero-order chi connectivity index (χ0) is 16.8. The maximum atomic E-state index is 11.8. The molecule has 4 fully saturated rings. The van der Waals surface area contributed by atoms with Crippen LogP contribution in [0.3, 0.4) is 0 Å². The van der Waals surface area contributed by atoms with E-state index in [1.165, 1.54) is 18.6 Å². The van der Waals surface area contributed by atoms with Crippen LogP contribution in [0.4, 0.5) is 4.79 Å². The number of rotatable bonds is 0. The number of carbonyl (C=O) groups is 1. The maximum Gasteiger partial charge on any atom is 0.410 e. The van der Waals surface area contributed by atoms with Gasteiger partial charge in [0.15, 0.2) is 9.84 Å². The van der Waals surface area contributed by atoms with Crippen molar-refractivity contribution >= 4 is 40.1 Å². The van der Waals surface area contributed by atoms with Crippen molar-refractivity contribution in [3.05, 3.63) is 0 Å². The zero-order valence-electron chi connectivity index (χ0n) is 14.6. The van der Waals surface area contributed by atoms with Gasteiger partial charge in [-0.3, -0.25) is 0 Å². The predicted octanol–water partition coefficient (Wildman–Crippen LogP) is 3.12. The number of sulfone groups is 1. The van der Waals surface area contributed by atoms with Gasteiger partial charge in [-0.05, 0) is 58.1 Å². The Labute approximate surface area is 155 Å². The second-order valence-electron chi connectivity index (χ2n) is 8.11. The number of thioether (sulfide) groups is 1. The van der Waals surface area contributed by atoms with Crippen LogP contribution in [0.25, 0.3) is 0 Å². The molecule has 8 heteroatoms. The van der Waals surface area contributed by atoms with E-state index in [0.717, 1.165) is 11.2 Å². The number of nitrogens with zero attached hydrogens (tertiary/aromatic N) is 1. The number of fused-ring (bicyclic) bond motifs is 4. The van der Waals surface area contributed by atoms with Gasteiger partial charge in [0.25, 0.3) is 0 Å². The molecule has 3 saturated heterocycles. The molecule has 1 aliphatic carbocycles. The molecular weight excluding hydrogens is 370 g/mol. The van der Waals surface area contributed by atoms with Gasteiger partial charge in [-0.25, -0.2) is 13.2 Å². The summed E-state index contributed by atoms with van der Waals surface area (Å²) in [5.41, 5.74) is -0.530. The number of carbonyl (C=O) groups excluding carboxylic acids is 1. The molecule has 4 atom stereocenters. The predicted molar refractivity (Wildman–Crippen MR) is 99.8 cm³/mol. The van der Waals surface area contributed by atoms with Crippen LogP contribution in [0.2, 0.25) is 0 Å². The van der Waals surface area contributed by atoms with E-state index in [2.05, 4.69) is 11.8 Å². The summed E-state index contributed by atoms with van der Waals surface area (Å²) >= 11 is 2.19. The lowest BCUT2D eigenvalue weighted by Gasteiger charge is -2.29. The summed E-state index contributed by atoms with van der Waals surface area (Å²) in [6.45, 7) is 5.70. The largest absolute Gasteiger partial charge is 0.444 e. The van der Waals surface area contributed by atoms with E-state index in [1.807, 2.05) is 0 Å². The number of hydrogen-bond donors (Lipinski definition) is 0. The van der Waals surface area contributed by atoms with Crippen LogP contribution in [-0.2, 0) is 14.6 Å². The third-order valence-corrected chi connectivity index (χ3v) is 8.77. The van der Waals surface area contributed by atoms with Crippen LogP contribution < -0.4 is 0 Å². The van der Waals surface area contributed by atoms with E-state index < -0.39 is 21.5 Å². The molecule has 0 radical (unpaired) electrons. The Hall–Kier alpha value is -0.140. The molecule has 4 aliphatic rings. The summed E-state index contributed by atoms with van der Waals surface area (Å²) in [7, 11) is -2.95. The molecule has 1 amide bonds. The molecule has 4 rings (SSSR count). The van der Waals surface area contributed by atoms with Crippen molar-refractivity contribution in [1.82, 2.24) is 4.90 Å². The lowest BCUT2D eigenvalue weighted by molar-refractivity contribution is 0.0237. The first kappa shape index (κ1) is 20.2. The number of amides is 1. The number of halogens is 1. The molecule has 5 nitrogen and oxygen atoms in total. The van der Waals surface area contributed by atoms with Crippen molar-refractivity contribution < 1.29 is 17.9 Å². The Kier molecular flexibility index (Phi) is 6.08. The minimum Gasteiger partial charge on any atom is -0.444 e. The van der Waals surface area contributed by atoms with Crippen molar-refractivity contribution in [3.8, 4) is 0 Å². The Bertz CT molecular complexity index is 557. The van der Waals surface area contributed by atoms with Crippen LogP contribution >= 0.6 is 24.2 Å². The maximum absolute atomic E-state index is 11.8. The molecule has 0 N–H and O–H groups in total. The highest BCUT2D eigenvalue weighted by Gasteiger charge is 2.50. The molecule has 3 aliphatic heterocycles. The van der Waals surface area contributed by atoms with Crippen molar-refractivity contribution in [2.45, 2.75) is 68.6 Å².